The van der Waals surface area contributed by atoms with Crippen molar-refractivity contribution in [3.05, 3.63) is 23.2 Å². The molecule has 0 bridgehead atoms. The minimum Gasteiger partial charge on any atom is -0.481 e. The third-order valence-corrected chi connectivity index (χ3v) is 2.57. The second-order valence-electron chi connectivity index (χ2n) is 5.11. The summed E-state index contributed by atoms with van der Waals surface area (Å²) in [6.07, 6.45) is -0.718. The first-order valence-corrected chi connectivity index (χ1v) is 6.14. The normalized spacial score (nSPS) is 14.7. The number of fused-ring (bicyclic) bond motifs is 1. The molecule has 19 heavy (non-hydrogen) atoms. The van der Waals surface area contributed by atoms with Gasteiger partial charge in [0.15, 0.2) is 6.61 Å². The molecule has 2 rings (SSSR count). The fourth-order valence-electron chi connectivity index (χ4n) is 1.63. The van der Waals surface area contributed by atoms with Gasteiger partial charge in [0, 0.05) is 11.1 Å². The minimum atomic E-state index is -0.718. The second kappa shape index (κ2) is 4.74. The zero-order chi connectivity index (χ0) is 14.2. The van der Waals surface area contributed by atoms with Crippen LogP contribution in [0, 0.1) is 0 Å². The highest BCUT2D eigenvalue weighted by Gasteiger charge is 2.34. The average Bonchev–Trinajstić information content (AvgIpc) is 2.26. The van der Waals surface area contributed by atoms with E-state index >= 15 is 0 Å². The SMILES string of the molecule is CC(C)(C)OC(=O)N1C(=O)COc2cc(Cl)ccc21. The molecule has 0 saturated carbocycles. The van der Waals surface area contributed by atoms with Crippen LogP contribution >= 0.6 is 11.6 Å². The van der Waals surface area contributed by atoms with Crippen LogP contribution in [-0.2, 0) is 9.53 Å². The number of anilines is 1. The number of carbonyl (C=O) groups is 2. The molecule has 0 spiro atoms. The number of amides is 2. The topological polar surface area (TPSA) is 55.8 Å². The summed E-state index contributed by atoms with van der Waals surface area (Å²) in [5, 5.41) is 0.470. The molecule has 0 aliphatic carbocycles. The largest absolute Gasteiger partial charge is 0.481 e. The number of benzene rings is 1. The number of rotatable bonds is 0. The van der Waals surface area contributed by atoms with Crippen molar-refractivity contribution in [2.24, 2.45) is 0 Å². The van der Waals surface area contributed by atoms with E-state index in [9.17, 15) is 9.59 Å². The number of ether oxygens (including phenoxy) is 2. The minimum absolute atomic E-state index is 0.216. The highest BCUT2D eigenvalue weighted by atomic mass is 35.5. The van der Waals surface area contributed by atoms with Crippen LogP contribution in [0.4, 0.5) is 10.5 Å². The van der Waals surface area contributed by atoms with Crippen molar-refractivity contribution in [1.82, 2.24) is 0 Å². The molecule has 2 amide bonds. The van der Waals surface area contributed by atoms with Crippen LogP contribution in [0.1, 0.15) is 20.8 Å². The summed E-state index contributed by atoms with van der Waals surface area (Å²) in [5.74, 6) is -0.0815. The molecule has 6 heteroatoms. The maximum absolute atomic E-state index is 12.1. The molecule has 0 N–H and O–H groups in total. The lowest BCUT2D eigenvalue weighted by molar-refractivity contribution is -0.121. The van der Waals surface area contributed by atoms with E-state index in [0.717, 1.165) is 4.90 Å². The van der Waals surface area contributed by atoms with Crippen LogP contribution in [0.2, 0.25) is 5.02 Å². The van der Waals surface area contributed by atoms with Gasteiger partial charge in [-0.2, -0.15) is 0 Å². The van der Waals surface area contributed by atoms with Crippen LogP contribution in [0.5, 0.6) is 5.75 Å². The highest BCUT2D eigenvalue weighted by Crippen LogP contribution is 2.35. The summed E-state index contributed by atoms with van der Waals surface area (Å²) in [6.45, 7) is 4.99. The number of carbonyl (C=O) groups excluding carboxylic acids is 2. The van der Waals surface area contributed by atoms with E-state index in [0.29, 0.717) is 16.5 Å². The Morgan fingerprint density at radius 2 is 2.11 bits per heavy atom. The smallest absolute Gasteiger partial charge is 0.421 e. The molecule has 1 aromatic rings. The zero-order valence-electron chi connectivity index (χ0n) is 10.9. The van der Waals surface area contributed by atoms with Crippen LogP contribution in [-0.4, -0.2) is 24.2 Å². The Balaban J connectivity index is 2.35. The van der Waals surface area contributed by atoms with E-state index in [2.05, 4.69) is 0 Å². The molecule has 1 aromatic carbocycles. The van der Waals surface area contributed by atoms with E-state index in [1.807, 2.05) is 0 Å². The predicted molar refractivity (Wildman–Crippen MR) is 70.7 cm³/mol. The maximum Gasteiger partial charge on any atom is 0.421 e. The van der Waals surface area contributed by atoms with Crippen LogP contribution < -0.4 is 9.64 Å². The van der Waals surface area contributed by atoms with Crippen molar-refractivity contribution in [3.8, 4) is 5.75 Å². The van der Waals surface area contributed by atoms with Gasteiger partial charge in [0.1, 0.15) is 11.4 Å². The lowest BCUT2D eigenvalue weighted by Gasteiger charge is -2.30. The molecule has 1 aliphatic heterocycles. The van der Waals surface area contributed by atoms with Crippen LogP contribution in [0.25, 0.3) is 0 Å². The van der Waals surface area contributed by atoms with E-state index in [4.69, 9.17) is 21.1 Å². The first-order valence-electron chi connectivity index (χ1n) is 5.76. The number of hydrogen-bond acceptors (Lipinski definition) is 4. The van der Waals surface area contributed by atoms with Crippen molar-refractivity contribution in [3.63, 3.8) is 0 Å². The Labute approximate surface area is 116 Å². The first kappa shape index (κ1) is 13.7. The molecular formula is C13H14ClNO4. The lowest BCUT2D eigenvalue weighted by atomic mass is 10.2. The van der Waals surface area contributed by atoms with E-state index in [1.165, 1.54) is 0 Å². The van der Waals surface area contributed by atoms with E-state index < -0.39 is 17.6 Å². The Bertz CT molecular complexity index is 536. The van der Waals surface area contributed by atoms with Gasteiger partial charge in [0.05, 0.1) is 5.69 Å². The van der Waals surface area contributed by atoms with Crippen LogP contribution in [0.3, 0.4) is 0 Å². The number of imide groups is 1. The summed E-state index contributed by atoms with van der Waals surface area (Å²) >= 11 is 5.85. The Morgan fingerprint density at radius 3 is 2.74 bits per heavy atom. The Hall–Kier alpha value is -1.75. The molecule has 0 atom stereocenters. The monoisotopic (exact) mass is 283 g/mol. The zero-order valence-corrected chi connectivity index (χ0v) is 11.7. The van der Waals surface area contributed by atoms with Gasteiger partial charge in [0.2, 0.25) is 0 Å². The molecule has 0 radical (unpaired) electrons. The summed E-state index contributed by atoms with van der Waals surface area (Å²) < 4.78 is 10.5. The molecule has 0 unspecified atom stereocenters. The fourth-order valence-corrected chi connectivity index (χ4v) is 1.80. The molecular weight excluding hydrogens is 270 g/mol. The van der Waals surface area contributed by atoms with Gasteiger partial charge in [-0.15, -0.1) is 0 Å². The molecule has 0 fully saturated rings. The average molecular weight is 284 g/mol. The van der Waals surface area contributed by atoms with Gasteiger partial charge in [-0.05, 0) is 32.9 Å². The molecule has 1 heterocycles. The van der Waals surface area contributed by atoms with Crippen molar-refractivity contribution in [1.29, 1.82) is 0 Å². The first-order chi connectivity index (χ1) is 8.78. The van der Waals surface area contributed by atoms with Crippen molar-refractivity contribution >= 4 is 29.3 Å². The lowest BCUT2D eigenvalue weighted by Crippen LogP contribution is -2.45. The summed E-state index contributed by atoms with van der Waals surface area (Å²) in [5.41, 5.74) is -0.336. The molecule has 0 aromatic heterocycles. The number of hydrogen-bond donors (Lipinski definition) is 0. The molecule has 102 valence electrons. The third kappa shape index (κ3) is 2.98. The summed E-state index contributed by atoms with van der Waals surface area (Å²) in [4.78, 5) is 24.9. The maximum atomic E-state index is 12.1. The van der Waals surface area contributed by atoms with Gasteiger partial charge < -0.3 is 9.47 Å². The van der Waals surface area contributed by atoms with Gasteiger partial charge in [-0.25, -0.2) is 9.69 Å². The number of halogens is 1. The van der Waals surface area contributed by atoms with Crippen molar-refractivity contribution in [2.75, 3.05) is 11.5 Å². The quantitative estimate of drug-likeness (QED) is 0.734. The summed E-state index contributed by atoms with van der Waals surface area (Å²) in [6, 6.07) is 4.69. The molecule has 0 saturated heterocycles. The van der Waals surface area contributed by atoms with E-state index in [1.54, 1.807) is 39.0 Å². The fraction of sp³-hybridized carbons (Fsp3) is 0.385. The van der Waals surface area contributed by atoms with Gasteiger partial charge >= 0.3 is 6.09 Å². The van der Waals surface area contributed by atoms with Crippen molar-refractivity contribution in [2.45, 2.75) is 26.4 Å². The second-order valence-corrected chi connectivity index (χ2v) is 5.55. The van der Waals surface area contributed by atoms with Crippen LogP contribution in [0.15, 0.2) is 18.2 Å². The number of nitrogens with zero attached hydrogens (tertiary/aromatic N) is 1. The third-order valence-electron chi connectivity index (χ3n) is 2.34. The van der Waals surface area contributed by atoms with Gasteiger partial charge in [0.25, 0.3) is 5.91 Å². The Kier molecular flexibility index (Phi) is 3.41. The standard InChI is InChI=1S/C13H14ClNO4/c1-13(2,3)19-12(17)15-9-5-4-8(14)6-10(9)18-7-11(15)16/h4-6H,7H2,1-3H3. The van der Waals surface area contributed by atoms with Gasteiger partial charge in [-0.3, -0.25) is 4.79 Å². The highest BCUT2D eigenvalue weighted by molar-refractivity contribution is 6.31. The van der Waals surface area contributed by atoms with Gasteiger partial charge in [-0.1, -0.05) is 11.6 Å². The Morgan fingerprint density at radius 1 is 1.42 bits per heavy atom. The predicted octanol–water partition coefficient (Wildman–Crippen LogP) is 3.00. The molecule has 5 nitrogen and oxygen atoms in total. The summed E-state index contributed by atoms with van der Waals surface area (Å²) in [7, 11) is 0. The van der Waals surface area contributed by atoms with Crippen molar-refractivity contribution < 1.29 is 19.1 Å². The van der Waals surface area contributed by atoms with E-state index in [-0.39, 0.29) is 6.61 Å². The molecule has 1 aliphatic rings.